The number of likely N-dealkylation sites (tertiary alicyclic amines) is 1. The van der Waals surface area contributed by atoms with E-state index in [1.165, 1.54) is 0 Å². The fourth-order valence-electron chi connectivity index (χ4n) is 4.47. The van der Waals surface area contributed by atoms with E-state index in [0.29, 0.717) is 16.6 Å². The number of H-pyrrole nitrogens is 1. The van der Waals surface area contributed by atoms with Gasteiger partial charge in [-0.1, -0.05) is 30.4 Å². The quantitative estimate of drug-likeness (QED) is 0.641. The molecule has 164 valence electrons. The van der Waals surface area contributed by atoms with Gasteiger partial charge in [0.2, 0.25) is 0 Å². The van der Waals surface area contributed by atoms with E-state index < -0.39 is 0 Å². The minimum atomic E-state index is -0.245. The molecule has 2 aromatic rings. The zero-order valence-electron chi connectivity index (χ0n) is 17.8. The molecule has 2 heterocycles. The van der Waals surface area contributed by atoms with Crippen LogP contribution in [0.25, 0.3) is 10.9 Å². The summed E-state index contributed by atoms with van der Waals surface area (Å²) in [6.45, 7) is 2.05. The molecule has 4 rings (SSSR count). The first-order valence-electron chi connectivity index (χ1n) is 11.1. The molecule has 3 N–H and O–H groups in total. The Morgan fingerprint density at radius 1 is 1.06 bits per heavy atom. The molecule has 1 aromatic carbocycles. The largest absolute Gasteiger partial charge is 0.351 e. The Bertz CT molecular complexity index is 1010. The van der Waals surface area contributed by atoms with Gasteiger partial charge in [-0.05, 0) is 76.0 Å². The zero-order valence-corrected chi connectivity index (χ0v) is 18.6. The number of aromatic nitrogens is 1. The predicted octanol–water partition coefficient (Wildman–Crippen LogP) is 3.32. The molecular weight excluding hydrogens is 412 g/mol. The van der Waals surface area contributed by atoms with E-state index in [4.69, 9.17) is 11.6 Å². The van der Waals surface area contributed by atoms with Crippen molar-refractivity contribution in [1.29, 1.82) is 0 Å². The first-order chi connectivity index (χ1) is 15.0. The summed E-state index contributed by atoms with van der Waals surface area (Å²) in [5.74, 6) is 5.81. The predicted molar refractivity (Wildman–Crippen MR) is 123 cm³/mol. The number of nitrogens with zero attached hydrogens (tertiary/aromatic N) is 1. The highest BCUT2D eigenvalue weighted by Crippen LogP contribution is 2.22. The van der Waals surface area contributed by atoms with Crippen molar-refractivity contribution in [3.63, 3.8) is 0 Å². The summed E-state index contributed by atoms with van der Waals surface area (Å²) in [5, 5.41) is 7.68. The molecule has 1 saturated carbocycles. The van der Waals surface area contributed by atoms with Crippen LogP contribution in [0.3, 0.4) is 0 Å². The van der Waals surface area contributed by atoms with Gasteiger partial charge in [0.05, 0.1) is 0 Å². The summed E-state index contributed by atoms with van der Waals surface area (Å²) in [6, 6.07) is 7.08. The number of fused-ring (bicyclic) bond motifs is 1. The number of hydrogen-bond donors (Lipinski definition) is 3. The third kappa shape index (κ3) is 5.61. The van der Waals surface area contributed by atoms with Crippen molar-refractivity contribution in [2.45, 2.75) is 50.6 Å². The molecule has 1 saturated heterocycles. The normalized spacial score (nSPS) is 22.5. The molecule has 31 heavy (non-hydrogen) atoms. The smallest absolute Gasteiger partial charge is 0.296 e. The Hall–Kier alpha value is -2.49. The summed E-state index contributed by atoms with van der Waals surface area (Å²) in [5.41, 5.74) is 1.36. The third-order valence-corrected chi connectivity index (χ3v) is 6.57. The number of rotatable bonds is 3. The molecule has 1 aliphatic heterocycles. The number of benzene rings is 1. The second-order valence-electron chi connectivity index (χ2n) is 8.71. The summed E-state index contributed by atoms with van der Waals surface area (Å²) in [6.07, 6.45) is 5.76. The van der Waals surface area contributed by atoms with Crippen LogP contribution in [-0.4, -0.2) is 53.9 Å². The summed E-state index contributed by atoms with van der Waals surface area (Å²) >= 11 is 6.04. The number of amides is 2. The van der Waals surface area contributed by atoms with Gasteiger partial charge < -0.3 is 20.5 Å². The van der Waals surface area contributed by atoms with E-state index in [2.05, 4.69) is 39.4 Å². The molecule has 2 atom stereocenters. The molecule has 2 fully saturated rings. The Labute approximate surface area is 188 Å². The number of piperidine rings is 1. The van der Waals surface area contributed by atoms with E-state index in [0.717, 1.165) is 62.5 Å². The second kappa shape index (κ2) is 9.76. The van der Waals surface area contributed by atoms with Gasteiger partial charge in [0.25, 0.3) is 11.8 Å². The second-order valence-corrected chi connectivity index (χ2v) is 9.14. The van der Waals surface area contributed by atoms with Gasteiger partial charge in [0.15, 0.2) is 0 Å². The summed E-state index contributed by atoms with van der Waals surface area (Å²) in [4.78, 5) is 30.7. The molecule has 0 unspecified atom stereocenters. The van der Waals surface area contributed by atoms with Crippen LogP contribution < -0.4 is 10.6 Å². The number of carbonyl (C=O) groups excluding carboxylic acids is 2. The first-order valence-corrected chi connectivity index (χ1v) is 11.5. The van der Waals surface area contributed by atoms with Gasteiger partial charge in [0, 0.05) is 33.9 Å². The Kier molecular flexibility index (Phi) is 6.84. The van der Waals surface area contributed by atoms with E-state index >= 15 is 0 Å². The fourth-order valence-corrected chi connectivity index (χ4v) is 4.65. The number of aromatic amines is 1. The molecule has 0 spiro atoms. The average molecular weight is 441 g/mol. The van der Waals surface area contributed by atoms with Crippen LogP contribution in [0, 0.1) is 17.8 Å². The maximum absolute atomic E-state index is 12.8. The van der Waals surface area contributed by atoms with Crippen LogP contribution in [-0.2, 0) is 4.79 Å². The van der Waals surface area contributed by atoms with Crippen LogP contribution in [0.1, 0.15) is 49.0 Å². The van der Waals surface area contributed by atoms with E-state index in [1.54, 1.807) is 12.1 Å². The molecule has 1 aromatic heterocycles. The highest BCUT2D eigenvalue weighted by molar-refractivity contribution is 6.31. The van der Waals surface area contributed by atoms with Crippen LogP contribution in [0.4, 0.5) is 0 Å². The van der Waals surface area contributed by atoms with Gasteiger partial charge in [-0.15, -0.1) is 0 Å². The van der Waals surface area contributed by atoms with Crippen molar-refractivity contribution in [3.8, 4) is 11.8 Å². The Balaban J connectivity index is 1.36. The monoisotopic (exact) mass is 440 g/mol. The van der Waals surface area contributed by atoms with Crippen molar-refractivity contribution >= 4 is 34.3 Å². The van der Waals surface area contributed by atoms with Crippen LogP contribution in [0.15, 0.2) is 24.3 Å². The molecule has 2 amide bonds. The van der Waals surface area contributed by atoms with Crippen molar-refractivity contribution in [3.05, 3.63) is 35.0 Å². The van der Waals surface area contributed by atoms with Crippen LogP contribution >= 0.6 is 11.6 Å². The van der Waals surface area contributed by atoms with Crippen LogP contribution in [0.2, 0.25) is 5.02 Å². The standard InChI is InChI=1S/C24H29ClN4O2/c1-29-12-10-16(11-13-29)6-9-23(30)27-20-4-2-3-5-21(20)28-24(31)22-15-17-14-18(25)7-8-19(17)26-22/h7-8,14-16,20-21,26H,2-5,10-13H2,1H3,(H,27,30)(H,28,31)/t20-,21+/m0/s1. The molecule has 0 bridgehead atoms. The number of hydrogen-bond acceptors (Lipinski definition) is 3. The number of nitrogens with one attached hydrogen (secondary N) is 3. The maximum Gasteiger partial charge on any atom is 0.296 e. The lowest BCUT2D eigenvalue weighted by Crippen LogP contribution is -2.53. The molecule has 2 aliphatic rings. The van der Waals surface area contributed by atoms with Gasteiger partial charge in [0.1, 0.15) is 5.69 Å². The van der Waals surface area contributed by atoms with Crippen molar-refractivity contribution in [2.75, 3.05) is 20.1 Å². The maximum atomic E-state index is 12.8. The molecule has 7 heteroatoms. The molecular formula is C24H29ClN4O2. The number of carbonyl (C=O) groups is 2. The topological polar surface area (TPSA) is 77.2 Å². The minimum Gasteiger partial charge on any atom is -0.351 e. The zero-order chi connectivity index (χ0) is 21.8. The molecule has 6 nitrogen and oxygen atoms in total. The van der Waals surface area contributed by atoms with Crippen molar-refractivity contribution < 1.29 is 9.59 Å². The summed E-state index contributed by atoms with van der Waals surface area (Å²) in [7, 11) is 2.11. The Morgan fingerprint density at radius 3 is 2.52 bits per heavy atom. The van der Waals surface area contributed by atoms with Gasteiger partial charge >= 0.3 is 0 Å². The third-order valence-electron chi connectivity index (χ3n) is 6.33. The lowest BCUT2D eigenvalue weighted by Gasteiger charge is -2.32. The van der Waals surface area contributed by atoms with E-state index in [1.807, 2.05) is 12.1 Å². The first kappa shape index (κ1) is 21.7. The lowest BCUT2D eigenvalue weighted by atomic mass is 9.90. The molecule has 1 aliphatic carbocycles. The van der Waals surface area contributed by atoms with Crippen molar-refractivity contribution in [1.82, 2.24) is 20.5 Å². The molecule has 0 radical (unpaired) electrons. The van der Waals surface area contributed by atoms with Gasteiger partial charge in [-0.3, -0.25) is 9.59 Å². The van der Waals surface area contributed by atoms with Crippen molar-refractivity contribution in [2.24, 2.45) is 5.92 Å². The van der Waals surface area contributed by atoms with Gasteiger partial charge in [-0.2, -0.15) is 0 Å². The highest BCUT2D eigenvalue weighted by Gasteiger charge is 2.28. The van der Waals surface area contributed by atoms with Gasteiger partial charge in [-0.25, -0.2) is 0 Å². The van der Waals surface area contributed by atoms with E-state index in [9.17, 15) is 9.59 Å². The fraction of sp³-hybridized carbons (Fsp3) is 0.500. The van der Waals surface area contributed by atoms with E-state index in [-0.39, 0.29) is 23.9 Å². The Morgan fingerprint density at radius 2 is 1.77 bits per heavy atom. The average Bonchev–Trinajstić information content (AvgIpc) is 3.18. The highest BCUT2D eigenvalue weighted by atomic mass is 35.5. The summed E-state index contributed by atoms with van der Waals surface area (Å²) < 4.78 is 0. The number of halogens is 1. The SMILES string of the molecule is CN1CCC(C#CC(=O)N[C@H]2CCCC[C@H]2NC(=O)c2cc3cc(Cl)ccc3[nH]2)CC1. The minimum absolute atomic E-state index is 0.101. The lowest BCUT2D eigenvalue weighted by molar-refractivity contribution is -0.116. The van der Waals surface area contributed by atoms with Crippen LogP contribution in [0.5, 0.6) is 0 Å².